The van der Waals surface area contributed by atoms with Crippen LogP contribution in [-0.4, -0.2) is 33.4 Å². The first kappa shape index (κ1) is 20.0. The summed E-state index contributed by atoms with van der Waals surface area (Å²) in [5.74, 6) is 0.0493. The fourth-order valence-electron chi connectivity index (χ4n) is 3.94. The number of hydrogen-bond donors (Lipinski definition) is 0. The molecule has 1 saturated heterocycles. The van der Waals surface area contributed by atoms with Crippen LogP contribution in [0.15, 0.2) is 71.8 Å². The number of nitrogens with zero attached hydrogens (tertiary/aromatic N) is 3. The molecule has 2 heterocycles. The van der Waals surface area contributed by atoms with Crippen molar-refractivity contribution < 1.29 is 9.18 Å². The normalized spacial score (nSPS) is 14.6. The second-order valence-corrected chi connectivity index (χ2v) is 7.73. The molecule has 1 aliphatic heterocycles. The monoisotopic (exact) mass is 405 g/mol. The van der Waals surface area contributed by atoms with E-state index < -0.39 is 5.82 Å². The summed E-state index contributed by atoms with van der Waals surface area (Å²) < 4.78 is 15.2. The van der Waals surface area contributed by atoms with Crippen molar-refractivity contribution >= 4 is 5.91 Å². The molecule has 1 aromatic heterocycles. The van der Waals surface area contributed by atoms with E-state index in [-0.39, 0.29) is 29.3 Å². The zero-order chi connectivity index (χ0) is 20.9. The van der Waals surface area contributed by atoms with Crippen molar-refractivity contribution in [3.05, 3.63) is 88.7 Å². The van der Waals surface area contributed by atoms with Gasteiger partial charge in [-0.15, -0.1) is 0 Å². The molecule has 154 valence electrons. The van der Waals surface area contributed by atoms with Gasteiger partial charge in [-0.1, -0.05) is 42.5 Å². The Kier molecular flexibility index (Phi) is 6.02. The lowest BCUT2D eigenvalue weighted by Crippen LogP contribution is -2.41. The van der Waals surface area contributed by atoms with Gasteiger partial charge in [-0.25, -0.2) is 9.37 Å². The van der Waals surface area contributed by atoms with Gasteiger partial charge in [-0.05, 0) is 42.9 Å². The maximum atomic E-state index is 13.9. The van der Waals surface area contributed by atoms with Gasteiger partial charge in [0, 0.05) is 24.7 Å². The quantitative estimate of drug-likeness (QED) is 0.653. The van der Waals surface area contributed by atoms with Crippen LogP contribution in [0.2, 0.25) is 0 Å². The Hall–Kier alpha value is -3.28. The van der Waals surface area contributed by atoms with Crippen LogP contribution in [-0.2, 0) is 17.8 Å². The molecular formula is C24H24FN3O2. The second kappa shape index (κ2) is 9.03. The van der Waals surface area contributed by atoms with Crippen molar-refractivity contribution in [1.29, 1.82) is 0 Å². The Morgan fingerprint density at radius 1 is 1.03 bits per heavy atom. The molecule has 0 radical (unpaired) electrons. The molecule has 2 aromatic carbocycles. The molecule has 0 bridgehead atoms. The van der Waals surface area contributed by atoms with Crippen LogP contribution in [0, 0.1) is 11.7 Å². The SMILES string of the molecule is O=C(Cn1cnc(-c2ccccc2F)cc1=O)N1CCC(Cc2ccccc2)CC1. The molecule has 0 spiro atoms. The summed E-state index contributed by atoms with van der Waals surface area (Å²) in [6.07, 6.45) is 4.27. The molecule has 3 aromatic rings. The highest BCUT2D eigenvalue weighted by molar-refractivity contribution is 5.76. The average molecular weight is 405 g/mol. The minimum absolute atomic E-state index is 0.0489. The van der Waals surface area contributed by atoms with E-state index in [4.69, 9.17) is 0 Å². The van der Waals surface area contributed by atoms with Crippen LogP contribution in [0.4, 0.5) is 4.39 Å². The Morgan fingerprint density at radius 3 is 2.43 bits per heavy atom. The van der Waals surface area contributed by atoms with E-state index in [0.717, 1.165) is 19.3 Å². The van der Waals surface area contributed by atoms with Crippen LogP contribution in [0.1, 0.15) is 18.4 Å². The molecule has 5 nitrogen and oxygen atoms in total. The Bertz CT molecular complexity index is 1070. The van der Waals surface area contributed by atoms with E-state index in [1.165, 1.54) is 28.6 Å². The lowest BCUT2D eigenvalue weighted by Gasteiger charge is -2.32. The molecule has 0 N–H and O–H groups in total. The number of piperidine rings is 1. The van der Waals surface area contributed by atoms with E-state index in [0.29, 0.717) is 19.0 Å². The number of benzene rings is 2. The number of rotatable bonds is 5. The third-order valence-corrected chi connectivity index (χ3v) is 5.67. The number of hydrogen-bond acceptors (Lipinski definition) is 3. The molecular weight excluding hydrogens is 381 g/mol. The van der Waals surface area contributed by atoms with Crippen molar-refractivity contribution in [3.8, 4) is 11.3 Å². The summed E-state index contributed by atoms with van der Waals surface area (Å²) in [6, 6.07) is 17.9. The Labute approximate surface area is 174 Å². The number of halogens is 1. The van der Waals surface area contributed by atoms with Crippen LogP contribution in [0.3, 0.4) is 0 Å². The third kappa shape index (κ3) is 4.64. The van der Waals surface area contributed by atoms with E-state index in [2.05, 4.69) is 29.2 Å². The van der Waals surface area contributed by atoms with Crippen molar-refractivity contribution in [2.24, 2.45) is 5.92 Å². The van der Waals surface area contributed by atoms with Gasteiger partial charge in [0.2, 0.25) is 5.91 Å². The summed E-state index contributed by atoms with van der Waals surface area (Å²) in [4.78, 5) is 31.1. The fourth-order valence-corrected chi connectivity index (χ4v) is 3.94. The molecule has 0 saturated carbocycles. The summed E-state index contributed by atoms with van der Waals surface area (Å²) in [5.41, 5.74) is 1.50. The maximum absolute atomic E-state index is 13.9. The molecule has 1 aliphatic rings. The Balaban J connectivity index is 1.35. The lowest BCUT2D eigenvalue weighted by atomic mass is 9.90. The number of carbonyl (C=O) groups excluding carboxylic acids is 1. The molecule has 1 amide bonds. The molecule has 4 rings (SSSR count). The smallest absolute Gasteiger partial charge is 0.254 e. The van der Waals surface area contributed by atoms with Crippen molar-refractivity contribution in [3.63, 3.8) is 0 Å². The highest BCUT2D eigenvalue weighted by Crippen LogP contribution is 2.22. The molecule has 30 heavy (non-hydrogen) atoms. The van der Waals surface area contributed by atoms with Crippen molar-refractivity contribution in [2.75, 3.05) is 13.1 Å². The van der Waals surface area contributed by atoms with Crippen molar-refractivity contribution in [2.45, 2.75) is 25.8 Å². The minimum Gasteiger partial charge on any atom is -0.341 e. The lowest BCUT2D eigenvalue weighted by molar-refractivity contribution is -0.133. The van der Waals surface area contributed by atoms with E-state index >= 15 is 0 Å². The second-order valence-electron chi connectivity index (χ2n) is 7.73. The van der Waals surface area contributed by atoms with Gasteiger partial charge in [0.15, 0.2) is 0 Å². The largest absolute Gasteiger partial charge is 0.341 e. The summed E-state index contributed by atoms with van der Waals surface area (Å²) in [5, 5.41) is 0. The first-order valence-electron chi connectivity index (χ1n) is 10.2. The predicted molar refractivity (Wildman–Crippen MR) is 113 cm³/mol. The molecule has 0 unspecified atom stereocenters. The zero-order valence-electron chi connectivity index (χ0n) is 16.7. The molecule has 6 heteroatoms. The topological polar surface area (TPSA) is 55.2 Å². The van der Waals surface area contributed by atoms with Crippen LogP contribution in [0.5, 0.6) is 0 Å². The number of amides is 1. The van der Waals surface area contributed by atoms with E-state index in [9.17, 15) is 14.0 Å². The molecule has 0 atom stereocenters. The fraction of sp³-hybridized carbons (Fsp3) is 0.292. The molecule has 0 aliphatic carbocycles. The standard InChI is InChI=1S/C24H24FN3O2/c25-21-9-5-4-8-20(21)22-15-23(29)28(17-26-22)16-24(30)27-12-10-19(11-13-27)14-18-6-2-1-3-7-18/h1-9,15,17,19H,10-14,16H2. The van der Waals surface area contributed by atoms with Crippen LogP contribution < -0.4 is 5.56 Å². The number of carbonyl (C=O) groups is 1. The van der Waals surface area contributed by atoms with Gasteiger partial charge < -0.3 is 4.90 Å². The third-order valence-electron chi connectivity index (χ3n) is 5.67. The summed E-state index contributed by atoms with van der Waals surface area (Å²) in [7, 11) is 0. The average Bonchev–Trinajstić information content (AvgIpc) is 2.77. The van der Waals surface area contributed by atoms with Gasteiger partial charge in [-0.2, -0.15) is 0 Å². The maximum Gasteiger partial charge on any atom is 0.254 e. The summed E-state index contributed by atoms with van der Waals surface area (Å²) in [6.45, 7) is 1.35. The van der Waals surface area contributed by atoms with Gasteiger partial charge in [0.05, 0.1) is 12.0 Å². The van der Waals surface area contributed by atoms with Crippen molar-refractivity contribution in [1.82, 2.24) is 14.5 Å². The van der Waals surface area contributed by atoms with Gasteiger partial charge in [-0.3, -0.25) is 14.2 Å². The highest BCUT2D eigenvalue weighted by Gasteiger charge is 2.23. The van der Waals surface area contributed by atoms with Crippen LogP contribution in [0.25, 0.3) is 11.3 Å². The summed E-state index contributed by atoms with van der Waals surface area (Å²) >= 11 is 0. The predicted octanol–water partition coefficient (Wildman–Crippen LogP) is 3.53. The van der Waals surface area contributed by atoms with Crippen LogP contribution >= 0.6 is 0 Å². The van der Waals surface area contributed by atoms with Gasteiger partial charge >= 0.3 is 0 Å². The zero-order valence-corrected chi connectivity index (χ0v) is 16.7. The number of aromatic nitrogens is 2. The highest BCUT2D eigenvalue weighted by atomic mass is 19.1. The van der Waals surface area contributed by atoms with E-state index in [1.54, 1.807) is 18.2 Å². The van der Waals surface area contributed by atoms with Gasteiger partial charge in [0.1, 0.15) is 12.4 Å². The first-order valence-corrected chi connectivity index (χ1v) is 10.2. The first-order chi connectivity index (χ1) is 14.6. The number of likely N-dealkylation sites (tertiary alicyclic amines) is 1. The van der Waals surface area contributed by atoms with E-state index in [1.807, 2.05) is 11.0 Å². The van der Waals surface area contributed by atoms with Gasteiger partial charge in [0.25, 0.3) is 5.56 Å². The molecule has 1 fully saturated rings. The minimum atomic E-state index is -0.434. The Morgan fingerprint density at radius 2 is 1.73 bits per heavy atom.